The molecule has 0 radical (unpaired) electrons. The van der Waals surface area contributed by atoms with Crippen molar-refractivity contribution in [3.63, 3.8) is 0 Å². The van der Waals surface area contributed by atoms with Crippen molar-refractivity contribution in [1.82, 2.24) is 24.6 Å². The number of anilines is 2. The Morgan fingerprint density at radius 2 is 1.89 bits per heavy atom. The molecule has 0 aliphatic rings. The number of halogens is 2. The van der Waals surface area contributed by atoms with Crippen molar-refractivity contribution in [3.05, 3.63) is 60.7 Å². The molecule has 1 atom stereocenters. The van der Waals surface area contributed by atoms with Crippen molar-refractivity contribution in [2.75, 3.05) is 59.0 Å². The average Bonchev–Trinajstić information content (AvgIpc) is 3.45. The van der Waals surface area contributed by atoms with Gasteiger partial charge in [0.1, 0.15) is 0 Å². The maximum absolute atomic E-state index is 14.0. The molecule has 1 unspecified atom stereocenters. The van der Waals surface area contributed by atoms with Crippen molar-refractivity contribution in [1.29, 1.82) is 0 Å². The molecule has 2 heterocycles. The van der Waals surface area contributed by atoms with Crippen LogP contribution in [0.25, 0.3) is 10.9 Å². The summed E-state index contributed by atoms with van der Waals surface area (Å²) in [6.45, 7) is 2.01. The Balaban J connectivity index is 1.36. The molecular formula is C28H34AsF2N6O8P. The number of carbonyl (C=O) groups excluding carboxylic acids is 1. The second kappa shape index (κ2) is 16.9. The molecule has 4 aromatic rings. The van der Waals surface area contributed by atoms with Gasteiger partial charge in [-0.15, -0.1) is 0 Å². The summed E-state index contributed by atoms with van der Waals surface area (Å²) in [5.74, 6) is -0.571. The zero-order valence-corrected chi connectivity index (χ0v) is 28.1. The van der Waals surface area contributed by atoms with Gasteiger partial charge in [-0.2, -0.15) is 0 Å². The van der Waals surface area contributed by atoms with E-state index in [2.05, 4.69) is 24.9 Å². The normalized spacial score (nSPS) is 12.0. The molecule has 0 spiro atoms. The third-order valence-electron chi connectivity index (χ3n) is 6.50. The first-order valence-corrected chi connectivity index (χ1v) is 17.6. The molecular weight excluding hydrogens is 692 g/mol. The molecule has 0 fully saturated rings. The molecule has 2 aromatic heterocycles. The Morgan fingerprint density at radius 3 is 2.65 bits per heavy atom. The van der Waals surface area contributed by atoms with Gasteiger partial charge in [0, 0.05) is 26.7 Å². The summed E-state index contributed by atoms with van der Waals surface area (Å²) in [7, 11) is -1.45. The summed E-state index contributed by atoms with van der Waals surface area (Å²) in [4.78, 5) is 41.0. The van der Waals surface area contributed by atoms with Gasteiger partial charge < -0.3 is 14.5 Å². The zero-order valence-electron chi connectivity index (χ0n) is 25.1. The van der Waals surface area contributed by atoms with E-state index in [1.165, 1.54) is 36.4 Å². The molecule has 0 aliphatic heterocycles. The van der Waals surface area contributed by atoms with Crippen LogP contribution in [0.1, 0.15) is 6.42 Å². The molecule has 2 aromatic carbocycles. The molecule has 3 N–H and O–H groups in total. The van der Waals surface area contributed by atoms with E-state index < -0.39 is 35.2 Å². The summed E-state index contributed by atoms with van der Waals surface area (Å²) in [5, 5.41) is 8.01. The molecule has 0 aliphatic carbocycles. The van der Waals surface area contributed by atoms with E-state index in [0.717, 1.165) is 6.07 Å². The smallest absolute Gasteiger partial charge is 0.303 e. The molecule has 0 saturated heterocycles. The standard InChI is InChI=1S/C28H34AsF2N6O8P/c1-42-11-8-36(9-12-45-46(39,40)41)7-4-10-44-25-14-23-20(13-24(25)43-2)28(33-18-32-23)35-19-15-34-37(16-19)17-26(38)29-21-5-3-6-22(30)27(21)31/h3,5-6,13-16,18,29H,4,7-12,17H2,1-2H3,(H,32,33,35)(H2,39,40,41). The Hall–Kier alpha value is -3.49. The minimum absolute atomic E-state index is 0.0814. The van der Waals surface area contributed by atoms with E-state index in [1.807, 2.05) is 4.90 Å². The summed E-state index contributed by atoms with van der Waals surface area (Å²) < 4.78 is 61.0. The minimum atomic E-state index is -4.54. The van der Waals surface area contributed by atoms with Crippen LogP contribution in [0.15, 0.2) is 49.1 Å². The molecule has 14 nitrogen and oxygen atoms in total. The first kappa shape index (κ1) is 35.4. The van der Waals surface area contributed by atoms with E-state index in [4.69, 9.17) is 24.0 Å². The van der Waals surface area contributed by atoms with E-state index in [0.29, 0.717) is 73.2 Å². The number of hydrogen-bond donors (Lipinski definition) is 3. The van der Waals surface area contributed by atoms with Crippen molar-refractivity contribution in [2.45, 2.75) is 13.0 Å². The van der Waals surface area contributed by atoms with Gasteiger partial charge in [-0.3, -0.25) is 9.42 Å². The Kier molecular flexibility index (Phi) is 13.0. The number of hydrogen-bond acceptors (Lipinski definition) is 11. The minimum Gasteiger partial charge on any atom is -0.303 e. The first-order chi connectivity index (χ1) is 22.1. The van der Waals surface area contributed by atoms with Crippen LogP contribution in [0, 0.1) is 11.6 Å². The second-order valence-electron chi connectivity index (χ2n) is 9.80. The van der Waals surface area contributed by atoms with Crippen molar-refractivity contribution in [2.24, 2.45) is 0 Å². The van der Waals surface area contributed by atoms with Crippen molar-refractivity contribution in [3.8, 4) is 11.5 Å². The van der Waals surface area contributed by atoms with E-state index >= 15 is 0 Å². The SMILES string of the molecule is COCCN(CCCOc1cc2ncnc(Nc3cnn(CC(=O)[AsH]c4cccc(F)c4F)c3)c2cc1OC)CCOP(=O)(O)O. The number of rotatable bonds is 19. The van der Waals surface area contributed by atoms with Crippen LogP contribution in [-0.4, -0.2) is 108 Å². The Labute approximate surface area is 269 Å². The van der Waals surface area contributed by atoms with Crippen molar-refractivity contribution >= 4 is 54.9 Å². The summed E-state index contributed by atoms with van der Waals surface area (Å²) in [6.07, 6.45) is 5.13. The van der Waals surface area contributed by atoms with Crippen molar-refractivity contribution < 1.29 is 46.7 Å². The summed E-state index contributed by atoms with van der Waals surface area (Å²) in [5.41, 5.74) is 1.13. The van der Waals surface area contributed by atoms with Crippen LogP contribution in [0.5, 0.6) is 11.5 Å². The monoisotopic (exact) mass is 726 g/mol. The molecule has 248 valence electrons. The number of benzene rings is 2. The van der Waals surface area contributed by atoms with Crippen LogP contribution in [0.3, 0.4) is 0 Å². The van der Waals surface area contributed by atoms with Gasteiger partial charge >= 0.3 is 189 Å². The van der Waals surface area contributed by atoms with Crippen LogP contribution in [0.4, 0.5) is 20.3 Å². The second-order valence-corrected chi connectivity index (χ2v) is 13.9. The molecule has 0 bridgehead atoms. The van der Waals surface area contributed by atoms with Crippen LogP contribution in [0.2, 0.25) is 0 Å². The molecule has 46 heavy (non-hydrogen) atoms. The van der Waals surface area contributed by atoms with E-state index in [9.17, 15) is 18.1 Å². The van der Waals surface area contributed by atoms with Crippen LogP contribution >= 0.6 is 7.82 Å². The van der Waals surface area contributed by atoms with Crippen LogP contribution < -0.4 is 19.1 Å². The average molecular weight is 727 g/mol. The maximum atomic E-state index is 14.0. The van der Waals surface area contributed by atoms with Gasteiger partial charge in [-0.25, -0.2) is 4.57 Å². The Morgan fingerprint density at radius 1 is 1.09 bits per heavy atom. The van der Waals surface area contributed by atoms with Gasteiger partial charge in [0.05, 0.1) is 19.8 Å². The molecule has 4 rings (SSSR count). The number of phosphoric ester groups is 1. The number of nitrogens with one attached hydrogen (secondary N) is 1. The number of aromatic nitrogens is 4. The van der Waals surface area contributed by atoms with Gasteiger partial charge in [0.2, 0.25) is 0 Å². The van der Waals surface area contributed by atoms with Gasteiger partial charge in [-0.1, -0.05) is 0 Å². The van der Waals surface area contributed by atoms with Gasteiger partial charge in [-0.05, 0) is 6.42 Å². The molecule has 0 saturated carbocycles. The number of nitrogens with zero attached hydrogens (tertiary/aromatic N) is 5. The number of fused-ring (bicyclic) bond motifs is 1. The quantitative estimate of drug-likeness (QED) is 0.0729. The van der Waals surface area contributed by atoms with E-state index in [1.54, 1.807) is 25.4 Å². The predicted molar refractivity (Wildman–Crippen MR) is 166 cm³/mol. The molecule has 18 heteroatoms. The van der Waals surface area contributed by atoms with Gasteiger partial charge in [0.15, 0.2) is 0 Å². The predicted octanol–water partition coefficient (Wildman–Crippen LogP) is 1.97. The topological polar surface area (TPSA) is 170 Å². The zero-order chi connectivity index (χ0) is 33.1. The van der Waals surface area contributed by atoms with Crippen LogP contribution in [-0.2, 0) is 25.2 Å². The fraction of sp³-hybridized carbons (Fsp3) is 0.357. The summed E-state index contributed by atoms with van der Waals surface area (Å²) in [6, 6.07) is 7.30. The third kappa shape index (κ3) is 10.5. The third-order valence-corrected chi connectivity index (χ3v) is 9.31. The number of carbonyl (C=O) groups is 1. The number of ether oxygens (including phenoxy) is 3. The number of phosphoric acid groups is 1. The fourth-order valence-corrected chi connectivity index (χ4v) is 6.65. The first-order valence-electron chi connectivity index (χ1n) is 14.0. The van der Waals surface area contributed by atoms with Gasteiger partial charge in [0.25, 0.3) is 0 Å². The fourth-order valence-electron chi connectivity index (χ4n) is 4.34. The molecule has 0 amide bonds. The Bertz CT molecular complexity index is 1680. The summed E-state index contributed by atoms with van der Waals surface area (Å²) >= 11 is -1.57. The van der Waals surface area contributed by atoms with E-state index in [-0.39, 0.29) is 22.1 Å². The number of methoxy groups -OCH3 is 2.